The fourth-order valence-electron chi connectivity index (χ4n) is 2.66. The van der Waals surface area contributed by atoms with Gasteiger partial charge < -0.3 is 14.2 Å². The van der Waals surface area contributed by atoms with Gasteiger partial charge in [0.1, 0.15) is 6.10 Å². The van der Waals surface area contributed by atoms with E-state index in [1.54, 1.807) is 7.11 Å². The van der Waals surface area contributed by atoms with Crippen LogP contribution in [0.25, 0.3) is 0 Å². The molecule has 19 heavy (non-hydrogen) atoms. The van der Waals surface area contributed by atoms with E-state index in [0.29, 0.717) is 12.5 Å². The molecule has 1 aliphatic rings. The Morgan fingerprint density at radius 2 is 1.95 bits per heavy atom. The van der Waals surface area contributed by atoms with Crippen LogP contribution in [0, 0.1) is 5.92 Å². The van der Waals surface area contributed by atoms with Crippen molar-refractivity contribution in [2.75, 3.05) is 13.7 Å². The van der Waals surface area contributed by atoms with E-state index in [1.807, 2.05) is 18.2 Å². The van der Waals surface area contributed by atoms with E-state index in [-0.39, 0.29) is 18.3 Å². The van der Waals surface area contributed by atoms with Crippen LogP contribution in [-0.4, -0.2) is 32.0 Å². The van der Waals surface area contributed by atoms with Crippen molar-refractivity contribution in [2.24, 2.45) is 5.92 Å². The highest BCUT2D eigenvalue weighted by Crippen LogP contribution is 2.27. The predicted molar refractivity (Wildman–Crippen MR) is 75.0 cm³/mol. The first-order valence-electron chi connectivity index (χ1n) is 7.06. The van der Waals surface area contributed by atoms with E-state index in [1.165, 1.54) is 5.56 Å². The molecule has 3 nitrogen and oxygen atoms in total. The van der Waals surface area contributed by atoms with Gasteiger partial charge in [-0.15, -0.1) is 0 Å². The van der Waals surface area contributed by atoms with Gasteiger partial charge in [0, 0.05) is 13.0 Å². The summed E-state index contributed by atoms with van der Waals surface area (Å²) in [7, 11) is 1.74. The summed E-state index contributed by atoms with van der Waals surface area (Å²) in [5.74, 6) is 0.358. The summed E-state index contributed by atoms with van der Waals surface area (Å²) in [6, 6.07) is 10.3. The van der Waals surface area contributed by atoms with Crippen LogP contribution < -0.4 is 0 Å². The molecular weight excluding hydrogens is 240 g/mol. The first kappa shape index (κ1) is 14.5. The molecule has 1 aliphatic heterocycles. The van der Waals surface area contributed by atoms with Crippen LogP contribution in [0.2, 0.25) is 0 Å². The van der Waals surface area contributed by atoms with Crippen molar-refractivity contribution in [1.29, 1.82) is 0 Å². The number of benzene rings is 1. The molecule has 3 heteroatoms. The Hall–Kier alpha value is -0.900. The second-order valence-corrected chi connectivity index (χ2v) is 5.22. The van der Waals surface area contributed by atoms with Crippen LogP contribution in [0.3, 0.4) is 0 Å². The predicted octanol–water partition coefficient (Wildman–Crippen LogP) is 3.03. The Bertz CT molecular complexity index is 366. The van der Waals surface area contributed by atoms with E-state index < -0.39 is 0 Å². The van der Waals surface area contributed by atoms with Crippen LogP contribution in [0.15, 0.2) is 30.3 Å². The minimum absolute atomic E-state index is 0.0254. The summed E-state index contributed by atoms with van der Waals surface area (Å²) in [5, 5.41) is 0. The summed E-state index contributed by atoms with van der Waals surface area (Å²) in [6.07, 6.45) is 1.22. The van der Waals surface area contributed by atoms with Crippen LogP contribution >= 0.6 is 0 Å². The highest BCUT2D eigenvalue weighted by molar-refractivity contribution is 5.13. The summed E-state index contributed by atoms with van der Waals surface area (Å²) in [6.45, 7) is 5.67. The topological polar surface area (TPSA) is 27.7 Å². The minimum atomic E-state index is 0.0254. The smallest absolute Gasteiger partial charge is 0.110 e. The van der Waals surface area contributed by atoms with Gasteiger partial charge in [-0.25, -0.2) is 0 Å². The van der Waals surface area contributed by atoms with Gasteiger partial charge in [-0.1, -0.05) is 44.2 Å². The summed E-state index contributed by atoms with van der Waals surface area (Å²) in [4.78, 5) is 0. The molecule has 1 aromatic carbocycles. The molecule has 0 aromatic heterocycles. The first-order chi connectivity index (χ1) is 9.26. The highest BCUT2D eigenvalue weighted by Gasteiger charge is 2.38. The molecule has 1 saturated heterocycles. The Balaban J connectivity index is 1.99. The fourth-order valence-corrected chi connectivity index (χ4v) is 2.66. The van der Waals surface area contributed by atoms with Crippen molar-refractivity contribution in [2.45, 2.75) is 45.2 Å². The maximum absolute atomic E-state index is 6.11. The Morgan fingerprint density at radius 3 is 2.58 bits per heavy atom. The molecule has 0 N–H and O–H groups in total. The van der Waals surface area contributed by atoms with Crippen molar-refractivity contribution in [3.8, 4) is 0 Å². The lowest BCUT2D eigenvalue weighted by atomic mass is 9.92. The molecule has 0 radical (unpaired) electrons. The lowest BCUT2D eigenvalue weighted by molar-refractivity contribution is -0.193. The third-order valence-corrected chi connectivity index (χ3v) is 3.78. The van der Waals surface area contributed by atoms with Crippen LogP contribution in [-0.2, 0) is 20.8 Å². The van der Waals surface area contributed by atoms with Gasteiger partial charge in [-0.05, 0) is 12.0 Å². The molecule has 1 aromatic rings. The van der Waals surface area contributed by atoms with Crippen LogP contribution in [0.4, 0.5) is 0 Å². The monoisotopic (exact) mass is 264 g/mol. The second-order valence-electron chi connectivity index (χ2n) is 5.22. The van der Waals surface area contributed by atoms with E-state index in [9.17, 15) is 0 Å². The molecular formula is C16H24O3. The van der Waals surface area contributed by atoms with Crippen molar-refractivity contribution in [1.82, 2.24) is 0 Å². The third-order valence-electron chi connectivity index (χ3n) is 3.78. The summed E-state index contributed by atoms with van der Waals surface area (Å²) in [5.41, 5.74) is 1.20. The number of rotatable bonds is 5. The Morgan fingerprint density at radius 1 is 1.21 bits per heavy atom. The Kier molecular flexibility index (Phi) is 5.37. The van der Waals surface area contributed by atoms with Crippen molar-refractivity contribution >= 4 is 0 Å². The summed E-state index contributed by atoms with van der Waals surface area (Å²) >= 11 is 0. The number of hydrogen-bond donors (Lipinski definition) is 0. The molecule has 0 saturated carbocycles. The van der Waals surface area contributed by atoms with Gasteiger partial charge in [-0.2, -0.15) is 0 Å². The molecule has 4 atom stereocenters. The van der Waals surface area contributed by atoms with Gasteiger partial charge in [0.15, 0.2) is 0 Å². The zero-order valence-electron chi connectivity index (χ0n) is 12.0. The molecule has 2 unspecified atom stereocenters. The van der Waals surface area contributed by atoms with E-state index >= 15 is 0 Å². The third kappa shape index (κ3) is 3.56. The molecule has 0 aliphatic carbocycles. The van der Waals surface area contributed by atoms with Crippen LogP contribution in [0.1, 0.15) is 25.8 Å². The van der Waals surface area contributed by atoms with E-state index in [0.717, 1.165) is 13.0 Å². The fraction of sp³-hybridized carbons (Fsp3) is 0.625. The number of ether oxygens (including phenoxy) is 3. The Labute approximate surface area is 115 Å². The van der Waals surface area contributed by atoms with Crippen molar-refractivity contribution < 1.29 is 14.2 Å². The van der Waals surface area contributed by atoms with E-state index in [4.69, 9.17) is 14.2 Å². The standard InChI is InChI=1S/C16H24O3/c1-4-14-16(17-3)15(12(2)10-18-14)19-11-13-8-6-5-7-9-13/h5-9,12,14-16H,4,10-11H2,1-3H3/t12?,14?,15-,16+/m1/s1. The zero-order chi connectivity index (χ0) is 13.7. The zero-order valence-corrected chi connectivity index (χ0v) is 12.0. The SMILES string of the molecule is CCC1OCC(C)[C@@H](OCc2ccccc2)[C@H]1OC. The largest absolute Gasteiger partial charge is 0.376 e. The van der Waals surface area contributed by atoms with Gasteiger partial charge in [0.05, 0.1) is 25.4 Å². The molecule has 106 valence electrons. The molecule has 0 spiro atoms. The number of methoxy groups -OCH3 is 1. The highest BCUT2D eigenvalue weighted by atomic mass is 16.6. The first-order valence-corrected chi connectivity index (χ1v) is 7.06. The minimum Gasteiger partial charge on any atom is -0.376 e. The van der Waals surface area contributed by atoms with Gasteiger partial charge in [0.25, 0.3) is 0 Å². The molecule has 2 rings (SSSR count). The number of hydrogen-bond acceptors (Lipinski definition) is 3. The van der Waals surface area contributed by atoms with Crippen LogP contribution in [0.5, 0.6) is 0 Å². The average molecular weight is 264 g/mol. The van der Waals surface area contributed by atoms with E-state index in [2.05, 4.69) is 26.0 Å². The van der Waals surface area contributed by atoms with Gasteiger partial charge in [0.2, 0.25) is 0 Å². The maximum atomic E-state index is 6.11. The van der Waals surface area contributed by atoms with Gasteiger partial charge in [-0.3, -0.25) is 0 Å². The molecule has 0 amide bonds. The summed E-state index contributed by atoms with van der Waals surface area (Å²) < 4.78 is 17.5. The lowest BCUT2D eigenvalue weighted by Crippen LogP contribution is -2.51. The molecule has 1 fully saturated rings. The van der Waals surface area contributed by atoms with Crippen molar-refractivity contribution in [3.05, 3.63) is 35.9 Å². The molecule has 1 heterocycles. The molecule has 0 bridgehead atoms. The quantitative estimate of drug-likeness (QED) is 0.818. The van der Waals surface area contributed by atoms with Gasteiger partial charge >= 0.3 is 0 Å². The second kappa shape index (κ2) is 7.04. The maximum Gasteiger partial charge on any atom is 0.110 e. The average Bonchev–Trinajstić information content (AvgIpc) is 2.46. The lowest BCUT2D eigenvalue weighted by Gasteiger charge is -2.40. The van der Waals surface area contributed by atoms with Crippen molar-refractivity contribution in [3.63, 3.8) is 0 Å². The normalized spacial score (nSPS) is 31.3.